The zero-order chi connectivity index (χ0) is 14.5. The first kappa shape index (κ1) is 14.9. The lowest BCUT2D eigenvalue weighted by molar-refractivity contribution is 0.0570. The van der Waals surface area contributed by atoms with Gasteiger partial charge in [0.05, 0.1) is 11.8 Å². The summed E-state index contributed by atoms with van der Waals surface area (Å²) in [6, 6.07) is 1.61. The molecule has 0 spiro atoms. The predicted octanol–water partition coefficient (Wildman–Crippen LogP) is 0.716. The molecule has 1 atom stereocenters. The van der Waals surface area contributed by atoms with Gasteiger partial charge in [0.25, 0.3) is 5.91 Å². The standard InChI is InChI=1S/C14H21FN4O/c1-2-13(8-16)18-3-5-19(6-4-18)14(20)11-7-12(15)10-17-9-11/h7,9-10,13H,2-6,8,16H2,1H3. The zero-order valence-corrected chi connectivity index (χ0v) is 11.8. The van der Waals surface area contributed by atoms with Crippen molar-refractivity contribution in [2.24, 2.45) is 5.73 Å². The van der Waals surface area contributed by atoms with Gasteiger partial charge in [-0.15, -0.1) is 0 Å². The third kappa shape index (κ3) is 3.32. The van der Waals surface area contributed by atoms with Crippen molar-refractivity contribution in [3.05, 3.63) is 29.8 Å². The van der Waals surface area contributed by atoms with Gasteiger partial charge in [-0.05, 0) is 12.5 Å². The zero-order valence-electron chi connectivity index (χ0n) is 11.8. The lowest BCUT2D eigenvalue weighted by atomic mass is 10.1. The van der Waals surface area contributed by atoms with Gasteiger partial charge >= 0.3 is 0 Å². The van der Waals surface area contributed by atoms with Crippen molar-refractivity contribution in [1.29, 1.82) is 0 Å². The summed E-state index contributed by atoms with van der Waals surface area (Å²) in [5, 5.41) is 0. The SMILES string of the molecule is CCC(CN)N1CCN(C(=O)c2cncc(F)c2)CC1. The van der Waals surface area contributed by atoms with Crippen LogP contribution in [0.2, 0.25) is 0 Å². The van der Waals surface area contributed by atoms with Crippen molar-refractivity contribution >= 4 is 5.91 Å². The summed E-state index contributed by atoms with van der Waals surface area (Å²) in [6.07, 6.45) is 3.52. The maximum absolute atomic E-state index is 13.1. The van der Waals surface area contributed by atoms with Crippen LogP contribution in [0, 0.1) is 5.82 Å². The number of nitrogens with zero attached hydrogens (tertiary/aromatic N) is 3. The number of carbonyl (C=O) groups excluding carboxylic acids is 1. The Morgan fingerprint density at radius 2 is 2.10 bits per heavy atom. The van der Waals surface area contributed by atoms with E-state index < -0.39 is 5.82 Å². The normalized spacial score (nSPS) is 18.1. The van der Waals surface area contributed by atoms with Gasteiger partial charge in [-0.1, -0.05) is 6.92 Å². The number of nitrogens with two attached hydrogens (primary N) is 1. The molecule has 6 heteroatoms. The van der Waals surface area contributed by atoms with Crippen LogP contribution in [-0.2, 0) is 0 Å². The van der Waals surface area contributed by atoms with Crippen molar-refractivity contribution in [2.45, 2.75) is 19.4 Å². The Balaban J connectivity index is 1.95. The second-order valence-electron chi connectivity index (χ2n) is 5.02. The van der Waals surface area contributed by atoms with Crippen LogP contribution in [0.1, 0.15) is 23.7 Å². The fraction of sp³-hybridized carbons (Fsp3) is 0.571. The molecule has 1 aromatic heterocycles. The molecule has 1 aliphatic rings. The van der Waals surface area contributed by atoms with Crippen LogP contribution >= 0.6 is 0 Å². The average molecular weight is 280 g/mol. The number of halogens is 1. The van der Waals surface area contributed by atoms with Crippen LogP contribution in [-0.4, -0.2) is 59.5 Å². The average Bonchev–Trinajstić information content (AvgIpc) is 2.48. The molecule has 0 aliphatic carbocycles. The molecule has 0 aromatic carbocycles. The van der Waals surface area contributed by atoms with Crippen LogP contribution in [0.5, 0.6) is 0 Å². The highest BCUT2D eigenvalue weighted by Gasteiger charge is 2.25. The molecule has 2 rings (SSSR count). The van der Waals surface area contributed by atoms with E-state index >= 15 is 0 Å². The summed E-state index contributed by atoms with van der Waals surface area (Å²) >= 11 is 0. The highest BCUT2D eigenvalue weighted by atomic mass is 19.1. The van der Waals surface area contributed by atoms with Gasteiger partial charge in [-0.2, -0.15) is 0 Å². The van der Waals surface area contributed by atoms with Crippen molar-refractivity contribution in [1.82, 2.24) is 14.8 Å². The number of piperazine rings is 1. The third-order valence-electron chi connectivity index (χ3n) is 3.81. The van der Waals surface area contributed by atoms with Gasteiger partial charge in [-0.25, -0.2) is 4.39 Å². The van der Waals surface area contributed by atoms with Crippen LogP contribution < -0.4 is 5.73 Å². The lowest BCUT2D eigenvalue weighted by Gasteiger charge is -2.38. The third-order valence-corrected chi connectivity index (χ3v) is 3.81. The molecular weight excluding hydrogens is 259 g/mol. The Morgan fingerprint density at radius 1 is 1.40 bits per heavy atom. The predicted molar refractivity (Wildman–Crippen MR) is 74.8 cm³/mol. The summed E-state index contributed by atoms with van der Waals surface area (Å²) in [5.74, 6) is -0.638. The summed E-state index contributed by atoms with van der Waals surface area (Å²) in [6.45, 7) is 5.66. The molecule has 0 radical (unpaired) electrons. The van der Waals surface area contributed by atoms with E-state index in [4.69, 9.17) is 5.73 Å². The molecular formula is C14H21FN4O. The molecule has 1 unspecified atom stereocenters. The highest BCUT2D eigenvalue weighted by molar-refractivity contribution is 5.94. The van der Waals surface area contributed by atoms with Gasteiger partial charge in [-0.3, -0.25) is 14.7 Å². The molecule has 1 saturated heterocycles. The largest absolute Gasteiger partial charge is 0.336 e. The number of amides is 1. The lowest BCUT2D eigenvalue weighted by Crippen LogP contribution is -2.53. The minimum absolute atomic E-state index is 0.155. The number of aromatic nitrogens is 1. The van der Waals surface area contributed by atoms with Crippen LogP contribution in [0.4, 0.5) is 4.39 Å². The van der Waals surface area contributed by atoms with Crippen molar-refractivity contribution in [3.63, 3.8) is 0 Å². The number of hydrogen-bond donors (Lipinski definition) is 1. The summed E-state index contributed by atoms with van der Waals surface area (Å²) in [5.41, 5.74) is 6.05. The van der Waals surface area contributed by atoms with Crippen molar-refractivity contribution < 1.29 is 9.18 Å². The van der Waals surface area contributed by atoms with E-state index in [1.54, 1.807) is 4.90 Å². The molecule has 20 heavy (non-hydrogen) atoms. The molecule has 1 amide bonds. The van der Waals surface area contributed by atoms with E-state index in [9.17, 15) is 9.18 Å². The van der Waals surface area contributed by atoms with Crippen molar-refractivity contribution in [3.8, 4) is 0 Å². The summed E-state index contributed by atoms with van der Waals surface area (Å²) in [4.78, 5) is 20.0. The number of pyridine rings is 1. The molecule has 1 fully saturated rings. The monoisotopic (exact) mass is 280 g/mol. The molecule has 0 bridgehead atoms. The number of carbonyl (C=O) groups is 1. The van der Waals surface area contributed by atoms with Gasteiger partial charge in [0.2, 0.25) is 0 Å². The van der Waals surface area contributed by atoms with E-state index in [0.717, 1.165) is 25.7 Å². The molecule has 2 N–H and O–H groups in total. The van der Waals surface area contributed by atoms with E-state index in [0.29, 0.717) is 31.2 Å². The molecule has 1 aliphatic heterocycles. The summed E-state index contributed by atoms with van der Waals surface area (Å²) in [7, 11) is 0. The van der Waals surface area contributed by atoms with Crippen LogP contribution in [0.15, 0.2) is 18.5 Å². The van der Waals surface area contributed by atoms with Gasteiger partial charge in [0, 0.05) is 45.0 Å². The number of hydrogen-bond acceptors (Lipinski definition) is 4. The second-order valence-corrected chi connectivity index (χ2v) is 5.02. The Hall–Kier alpha value is -1.53. The van der Waals surface area contributed by atoms with Gasteiger partial charge in [0.15, 0.2) is 0 Å². The van der Waals surface area contributed by atoms with E-state index in [1.807, 2.05) is 0 Å². The molecule has 1 aromatic rings. The molecule has 5 nitrogen and oxygen atoms in total. The van der Waals surface area contributed by atoms with E-state index in [-0.39, 0.29) is 5.91 Å². The van der Waals surface area contributed by atoms with Gasteiger partial charge in [0.1, 0.15) is 5.82 Å². The molecule has 110 valence electrons. The fourth-order valence-corrected chi connectivity index (χ4v) is 2.58. The Kier molecular flexibility index (Phi) is 5.03. The smallest absolute Gasteiger partial charge is 0.255 e. The fourth-order valence-electron chi connectivity index (χ4n) is 2.58. The first-order valence-electron chi connectivity index (χ1n) is 6.99. The Morgan fingerprint density at radius 3 is 2.65 bits per heavy atom. The van der Waals surface area contributed by atoms with Crippen LogP contribution in [0.3, 0.4) is 0 Å². The Bertz CT molecular complexity index is 456. The maximum Gasteiger partial charge on any atom is 0.255 e. The molecule has 2 heterocycles. The maximum atomic E-state index is 13.1. The first-order valence-corrected chi connectivity index (χ1v) is 6.99. The van der Waals surface area contributed by atoms with Crippen molar-refractivity contribution in [2.75, 3.05) is 32.7 Å². The van der Waals surface area contributed by atoms with E-state index in [2.05, 4.69) is 16.8 Å². The highest BCUT2D eigenvalue weighted by Crippen LogP contribution is 2.12. The number of rotatable bonds is 4. The van der Waals surface area contributed by atoms with Gasteiger partial charge < -0.3 is 10.6 Å². The molecule has 0 saturated carbocycles. The van der Waals surface area contributed by atoms with E-state index in [1.165, 1.54) is 12.3 Å². The van der Waals surface area contributed by atoms with Crippen LogP contribution in [0.25, 0.3) is 0 Å². The summed E-state index contributed by atoms with van der Waals surface area (Å²) < 4.78 is 13.1. The quantitative estimate of drug-likeness (QED) is 0.882. The first-order chi connectivity index (χ1) is 9.65. The Labute approximate surface area is 118 Å². The second kappa shape index (κ2) is 6.76. The topological polar surface area (TPSA) is 62.5 Å². The minimum Gasteiger partial charge on any atom is -0.336 e. The minimum atomic E-state index is -0.483.